The molecule has 1 aromatic heterocycles. The van der Waals surface area contributed by atoms with Gasteiger partial charge in [-0.15, -0.1) is 0 Å². The molecule has 1 N–H and O–H groups in total. The summed E-state index contributed by atoms with van der Waals surface area (Å²) in [6.07, 6.45) is 0.507. The molecule has 0 radical (unpaired) electrons. The summed E-state index contributed by atoms with van der Waals surface area (Å²) in [5.41, 5.74) is -0.0180. The molecule has 0 aliphatic heterocycles. The maximum absolute atomic E-state index is 11.8. The molecule has 0 fully saturated rings. The number of hydrogen-bond acceptors (Lipinski definition) is 6. The van der Waals surface area contributed by atoms with Crippen LogP contribution in [-0.2, 0) is 4.79 Å². The van der Waals surface area contributed by atoms with Crippen molar-refractivity contribution in [2.24, 2.45) is 0 Å². The van der Waals surface area contributed by atoms with Gasteiger partial charge in [0.25, 0.3) is 5.69 Å². The number of ether oxygens (including phenoxy) is 1. The van der Waals surface area contributed by atoms with Gasteiger partial charge in [-0.25, -0.2) is 4.79 Å². The van der Waals surface area contributed by atoms with Gasteiger partial charge in [-0.2, -0.15) is 0 Å². The number of rotatable bonds is 4. The standard InChI is InChI=1S/C13H11N3O6/c1-15(7-11(17)18)13(19)22-10-5-4-9(16(20)21)8-3-2-6-14-12(8)10/h2-6H,7H2,1H3,(H,17,18). The van der Waals surface area contributed by atoms with Gasteiger partial charge >= 0.3 is 12.1 Å². The lowest BCUT2D eigenvalue weighted by Gasteiger charge is -2.14. The molecule has 2 rings (SSSR count). The number of nitro groups is 1. The molecule has 0 saturated heterocycles. The SMILES string of the molecule is CN(CC(=O)O)C(=O)Oc1ccc([N+](=O)[O-])c2cccnc12. The number of nitro benzene ring substituents is 1. The molecule has 1 aromatic carbocycles. The molecule has 1 amide bonds. The zero-order valence-corrected chi connectivity index (χ0v) is 11.4. The number of carbonyl (C=O) groups excluding carboxylic acids is 1. The van der Waals surface area contributed by atoms with Crippen molar-refractivity contribution in [3.05, 3.63) is 40.6 Å². The normalized spacial score (nSPS) is 10.2. The molecular formula is C13H11N3O6. The third kappa shape index (κ3) is 3.08. The summed E-state index contributed by atoms with van der Waals surface area (Å²) < 4.78 is 5.06. The highest BCUT2D eigenvalue weighted by Gasteiger charge is 2.19. The van der Waals surface area contributed by atoms with Crippen LogP contribution >= 0.6 is 0 Å². The highest BCUT2D eigenvalue weighted by Crippen LogP contribution is 2.31. The molecule has 1 heterocycles. The van der Waals surface area contributed by atoms with E-state index in [9.17, 15) is 19.7 Å². The average Bonchev–Trinajstić information content (AvgIpc) is 2.46. The number of likely N-dealkylation sites (N-methyl/N-ethyl adjacent to an activating group) is 1. The minimum absolute atomic E-state index is 0.0171. The summed E-state index contributed by atoms with van der Waals surface area (Å²) >= 11 is 0. The number of amides is 1. The van der Waals surface area contributed by atoms with Crippen LogP contribution in [0.2, 0.25) is 0 Å². The molecule has 0 spiro atoms. The summed E-state index contributed by atoms with van der Waals surface area (Å²) in [5.74, 6) is -1.17. The molecule has 22 heavy (non-hydrogen) atoms. The van der Waals surface area contributed by atoms with Gasteiger partial charge in [0.15, 0.2) is 5.75 Å². The second-order valence-corrected chi connectivity index (χ2v) is 4.36. The van der Waals surface area contributed by atoms with Gasteiger partial charge < -0.3 is 9.84 Å². The predicted molar refractivity (Wildman–Crippen MR) is 74.7 cm³/mol. The number of hydrogen-bond donors (Lipinski definition) is 1. The van der Waals surface area contributed by atoms with E-state index >= 15 is 0 Å². The molecule has 2 aromatic rings. The number of benzene rings is 1. The number of pyridine rings is 1. The Balaban J connectivity index is 2.37. The van der Waals surface area contributed by atoms with Crippen molar-refractivity contribution < 1.29 is 24.4 Å². The lowest BCUT2D eigenvalue weighted by atomic mass is 10.1. The minimum Gasteiger partial charge on any atom is -0.480 e. The number of carbonyl (C=O) groups is 2. The van der Waals surface area contributed by atoms with Crippen LogP contribution in [0.15, 0.2) is 30.5 Å². The van der Waals surface area contributed by atoms with Gasteiger partial charge in [-0.3, -0.25) is 24.8 Å². The van der Waals surface area contributed by atoms with E-state index in [1.807, 2.05) is 0 Å². The van der Waals surface area contributed by atoms with Crippen molar-refractivity contribution in [1.82, 2.24) is 9.88 Å². The van der Waals surface area contributed by atoms with E-state index in [4.69, 9.17) is 9.84 Å². The van der Waals surface area contributed by atoms with Crippen molar-refractivity contribution in [2.45, 2.75) is 0 Å². The predicted octanol–water partition coefficient (Wildman–Crippen LogP) is 1.66. The highest BCUT2D eigenvalue weighted by molar-refractivity contribution is 5.93. The monoisotopic (exact) mass is 305 g/mol. The smallest absolute Gasteiger partial charge is 0.415 e. The summed E-state index contributed by atoms with van der Waals surface area (Å²) in [5, 5.41) is 19.8. The molecule has 0 unspecified atom stereocenters. The largest absolute Gasteiger partial charge is 0.480 e. The molecule has 0 saturated carbocycles. The maximum Gasteiger partial charge on any atom is 0.415 e. The van der Waals surface area contributed by atoms with Crippen LogP contribution in [0.25, 0.3) is 10.9 Å². The zero-order chi connectivity index (χ0) is 16.3. The molecule has 9 heteroatoms. The van der Waals surface area contributed by atoms with Gasteiger partial charge in [0.2, 0.25) is 0 Å². The van der Waals surface area contributed by atoms with Crippen LogP contribution in [0.3, 0.4) is 0 Å². The van der Waals surface area contributed by atoms with Gasteiger partial charge in [0.05, 0.1) is 10.3 Å². The van der Waals surface area contributed by atoms with Crippen molar-refractivity contribution in [3.63, 3.8) is 0 Å². The number of nitrogens with zero attached hydrogens (tertiary/aromatic N) is 3. The van der Waals surface area contributed by atoms with E-state index in [0.717, 1.165) is 4.90 Å². The Labute approximate surface area is 123 Å². The second kappa shape index (κ2) is 6.04. The third-order valence-corrected chi connectivity index (χ3v) is 2.79. The first-order chi connectivity index (χ1) is 10.4. The van der Waals surface area contributed by atoms with E-state index in [1.165, 1.54) is 37.5 Å². The fourth-order valence-corrected chi connectivity index (χ4v) is 1.81. The van der Waals surface area contributed by atoms with Crippen molar-refractivity contribution in [3.8, 4) is 5.75 Å². The van der Waals surface area contributed by atoms with Gasteiger partial charge in [-0.05, 0) is 18.2 Å². The maximum atomic E-state index is 11.8. The molecule has 0 aliphatic rings. The van der Waals surface area contributed by atoms with Crippen molar-refractivity contribution >= 4 is 28.7 Å². The zero-order valence-electron chi connectivity index (χ0n) is 11.4. The topological polar surface area (TPSA) is 123 Å². The van der Waals surface area contributed by atoms with Crippen LogP contribution in [0.1, 0.15) is 0 Å². The van der Waals surface area contributed by atoms with Crippen LogP contribution in [0.4, 0.5) is 10.5 Å². The Hall–Kier alpha value is -3.23. The average molecular weight is 305 g/mol. The number of aliphatic carboxylic acids is 1. The molecular weight excluding hydrogens is 294 g/mol. The highest BCUT2D eigenvalue weighted by atomic mass is 16.6. The van der Waals surface area contributed by atoms with Crippen LogP contribution < -0.4 is 4.74 Å². The van der Waals surface area contributed by atoms with E-state index < -0.39 is 23.5 Å². The molecule has 0 aliphatic carbocycles. The summed E-state index contributed by atoms with van der Waals surface area (Å²) in [4.78, 5) is 37.6. The lowest BCUT2D eigenvalue weighted by Crippen LogP contribution is -2.34. The molecule has 9 nitrogen and oxygen atoms in total. The molecule has 114 valence electrons. The van der Waals surface area contributed by atoms with Crippen LogP contribution in [-0.4, -0.2) is 45.6 Å². The molecule has 0 atom stereocenters. The van der Waals surface area contributed by atoms with E-state index in [0.29, 0.717) is 0 Å². The van der Waals surface area contributed by atoms with Gasteiger partial charge in [0, 0.05) is 19.3 Å². The molecule has 0 bridgehead atoms. The first-order valence-electron chi connectivity index (χ1n) is 6.07. The van der Waals surface area contributed by atoms with E-state index in [2.05, 4.69) is 4.98 Å². The Morgan fingerprint density at radius 3 is 2.77 bits per heavy atom. The van der Waals surface area contributed by atoms with Gasteiger partial charge in [0.1, 0.15) is 12.1 Å². The summed E-state index contributed by atoms with van der Waals surface area (Å²) in [6, 6.07) is 5.46. The first kappa shape index (κ1) is 15.2. The number of carboxylic acid groups (broad SMARTS) is 1. The fourth-order valence-electron chi connectivity index (χ4n) is 1.81. The summed E-state index contributed by atoms with van der Waals surface area (Å²) in [6.45, 7) is -0.531. The Morgan fingerprint density at radius 1 is 1.41 bits per heavy atom. The van der Waals surface area contributed by atoms with Crippen LogP contribution in [0, 0.1) is 10.1 Å². The lowest BCUT2D eigenvalue weighted by molar-refractivity contribution is -0.383. The quantitative estimate of drug-likeness (QED) is 0.673. The van der Waals surface area contributed by atoms with Crippen molar-refractivity contribution in [2.75, 3.05) is 13.6 Å². The van der Waals surface area contributed by atoms with E-state index in [1.54, 1.807) is 0 Å². The Morgan fingerprint density at radius 2 is 2.14 bits per heavy atom. The first-order valence-corrected chi connectivity index (χ1v) is 6.07. The number of fused-ring (bicyclic) bond motifs is 1. The number of non-ortho nitro benzene ring substituents is 1. The van der Waals surface area contributed by atoms with E-state index in [-0.39, 0.29) is 22.3 Å². The van der Waals surface area contributed by atoms with Gasteiger partial charge in [-0.1, -0.05) is 0 Å². The Bertz CT molecular complexity index is 761. The number of aromatic nitrogens is 1. The van der Waals surface area contributed by atoms with Crippen LogP contribution in [0.5, 0.6) is 5.75 Å². The number of carboxylic acids is 1. The summed E-state index contributed by atoms with van der Waals surface area (Å²) in [7, 11) is 1.26. The Kier molecular flexibility index (Phi) is 4.16. The second-order valence-electron chi connectivity index (χ2n) is 4.36. The van der Waals surface area contributed by atoms with Crippen molar-refractivity contribution in [1.29, 1.82) is 0 Å². The third-order valence-electron chi connectivity index (χ3n) is 2.79. The fraction of sp³-hybridized carbons (Fsp3) is 0.154. The minimum atomic E-state index is -1.19.